The van der Waals surface area contributed by atoms with Crippen molar-refractivity contribution in [3.8, 4) is 5.75 Å². The number of pyridine rings is 1. The average molecular weight is 374 g/mol. The third kappa shape index (κ3) is 3.70. The lowest BCUT2D eigenvalue weighted by Gasteiger charge is -2.34. The van der Waals surface area contributed by atoms with Gasteiger partial charge in [0, 0.05) is 32.4 Å². The van der Waals surface area contributed by atoms with Gasteiger partial charge in [0.25, 0.3) is 5.91 Å². The Labute approximate surface area is 158 Å². The number of hydrogen-bond donors (Lipinski definition) is 0. The van der Waals surface area contributed by atoms with Gasteiger partial charge in [0.2, 0.25) is 0 Å². The summed E-state index contributed by atoms with van der Waals surface area (Å²) in [7, 11) is 0. The predicted octanol–water partition coefficient (Wildman–Crippen LogP) is 2.21. The van der Waals surface area contributed by atoms with Crippen molar-refractivity contribution in [1.29, 1.82) is 0 Å². The highest BCUT2D eigenvalue weighted by atomic mass is 16.6. The molecule has 27 heavy (non-hydrogen) atoms. The molecule has 1 fully saturated rings. The van der Waals surface area contributed by atoms with Crippen LogP contribution in [0.2, 0.25) is 0 Å². The number of carbonyl (C=O) groups excluding carboxylic acids is 2. The number of hydrogen-bond acceptors (Lipinski definition) is 5. The lowest BCUT2D eigenvalue weighted by Crippen LogP contribution is -2.51. The molecule has 1 aliphatic rings. The lowest BCUT2D eigenvalue weighted by molar-refractivity contribution is 0.0564. The Hall–Kier alpha value is -2.77. The summed E-state index contributed by atoms with van der Waals surface area (Å²) < 4.78 is 12.5. The van der Waals surface area contributed by atoms with Gasteiger partial charge in [-0.1, -0.05) is 6.92 Å². The van der Waals surface area contributed by atoms with Crippen LogP contribution >= 0.6 is 0 Å². The fourth-order valence-electron chi connectivity index (χ4n) is 3.29. The van der Waals surface area contributed by atoms with E-state index in [1.54, 1.807) is 16.7 Å². The fraction of sp³-hybridized carbons (Fsp3) is 0.526. The summed E-state index contributed by atoms with van der Waals surface area (Å²) in [5, 5.41) is 0. The number of nitrogens with zero attached hydrogens (tertiary/aromatic N) is 4. The SMILES string of the molecule is CCOC(=O)N1CCN(C(=O)c2c(CC)nc3c(OCC)cccn23)CC1. The van der Waals surface area contributed by atoms with Gasteiger partial charge in [0.1, 0.15) is 5.69 Å². The monoisotopic (exact) mass is 374 g/mol. The molecular formula is C19H26N4O4. The zero-order valence-corrected chi connectivity index (χ0v) is 16.1. The Balaban J connectivity index is 1.84. The smallest absolute Gasteiger partial charge is 0.409 e. The molecule has 8 nitrogen and oxygen atoms in total. The normalized spacial score (nSPS) is 14.5. The Kier molecular flexibility index (Phi) is 5.83. The maximum absolute atomic E-state index is 13.2. The first-order chi connectivity index (χ1) is 13.1. The zero-order chi connectivity index (χ0) is 19.4. The van der Waals surface area contributed by atoms with E-state index in [4.69, 9.17) is 9.47 Å². The van der Waals surface area contributed by atoms with Crippen molar-refractivity contribution < 1.29 is 19.1 Å². The second-order valence-corrected chi connectivity index (χ2v) is 6.24. The molecule has 0 aromatic carbocycles. The van der Waals surface area contributed by atoms with E-state index in [2.05, 4.69) is 4.98 Å². The molecular weight excluding hydrogens is 348 g/mol. The molecule has 8 heteroatoms. The van der Waals surface area contributed by atoms with Crippen LogP contribution in [0.4, 0.5) is 4.79 Å². The van der Waals surface area contributed by atoms with Crippen LogP contribution < -0.4 is 4.74 Å². The van der Waals surface area contributed by atoms with Gasteiger partial charge in [-0.3, -0.25) is 9.20 Å². The lowest BCUT2D eigenvalue weighted by atomic mass is 10.2. The zero-order valence-electron chi connectivity index (χ0n) is 16.1. The van der Waals surface area contributed by atoms with E-state index in [1.807, 2.05) is 36.6 Å². The van der Waals surface area contributed by atoms with Crippen LogP contribution in [0.1, 0.15) is 37.0 Å². The molecule has 2 aromatic rings. The van der Waals surface area contributed by atoms with Crippen molar-refractivity contribution in [2.75, 3.05) is 39.4 Å². The molecule has 1 saturated heterocycles. The first-order valence-corrected chi connectivity index (χ1v) is 9.44. The number of rotatable bonds is 5. The molecule has 3 heterocycles. The van der Waals surface area contributed by atoms with Gasteiger partial charge in [-0.15, -0.1) is 0 Å². The molecule has 2 amide bonds. The highest BCUT2D eigenvalue weighted by Crippen LogP contribution is 2.24. The maximum Gasteiger partial charge on any atom is 0.409 e. The van der Waals surface area contributed by atoms with Crippen LogP contribution in [0.25, 0.3) is 5.65 Å². The minimum atomic E-state index is -0.324. The molecule has 3 rings (SSSR count). The molecule has 0 atom stereocenters. The maximum atomic E-state index is 13.2. The summed E-state index contributed by atoms with van der Waals surface area (Å²) in [6, 6.07) is 3.71. The number of carbonyl (C=O) groups is 2. The molecule has 0 aliphatic carbocycles. The van der Waals surface area contributed by atoms with E-state index < -0.39 is 0 Å². The van der Waals surface area contributed by atoms with Crippen molar-refractivity contribution in [2.24, 2.45) is 0 Å². The van der Waals surface area contributed by atoms with E-state index in [0.29, 0.717) is 62.9 Å². The predicted molar refractivity (Wildman–Crippen MR) is 100 cm³/mol. The van der Waals surface area contributed by atoms with Gasteiger partial charge in [0.15, 0.2) is 11.4 Å². The number of aryl methyl sites for hydroxylation is 1. The van der Waals surface area contributed by atoms with E-state index in [9.17, 15) is 9.59 Å². The van der Waals surface area contributed by atoms with Crippen molar-refractivity contribution >= 4 is 17.6 Å². The summed E-state index contributed by atoms with van der Waals surface area (Å²) in [4.78, 5) is 33.1. The molecule has 0 radical (unpaired) electrons. The molecule has 0 N–H and O–H groups in total. The van der Waals surface area contributed by atoms with Crippen LogP contribution in [0.3, 0.4) is 0 Å². The molecule has 0 unspecified atom stereocenters. The topological polar surface area (TPSA) is 76.4 Å². The summed E-state index contributed by atoms with van der Waals surface area (Å²) in [5.41, 5.74) is 1.98. The number of fused-ring (bicyclic) bond motifs is 1. The Morgan fingerprint density at radius 3 is 2.41 bits per heavy atom. The standard InChI is InChI=1S/C19H26N4O4/c1-4-14-16(23-9-7-8-15(26-5-2)17(23)20-14)18(24)21-10-12-22(13-11-21)19(25)27-6-3/h7-9H,4-6,10-13H2,1-3H3. The van der Waals surface area contributed by atoms with Crippen molar-refractivity contribution in [2.45, 2.75) is 27.2 Å². The van der Waals surface area contributed by atoms with Crippen LogP contribution in [-0.2, 0) is 11.2 Å². The van der Waals surface area contributed by atoms with Crippen molar-refractivity contribution in [1.82, 2.24) is 19.2 Å². The summed E-state index contributed by atoms with van der Waals surface area (Å²) in [6.45, 7) is 8.44. The van der Waals surface area contributed by atoms with Gasteiger partial charge < -0.3 is 19.3 Å². The van der Waals surface area contributed by atoms with Gasteiger partial charge in [0.05, 0.1) is 18.9 Å². The molecule has 1 aliphatic heterocycles. The van der Waals surface area contributed by atoms with Crippen LogP contribution in [-0.4, -0.2) is 70.6 Å². The first-order valence-electron chi connectivity index (χ1n) is 9.44. The van der Waals surface area contributed by atoms with Crippen molar-refractivity contribution in [3.63, 3.8) is 0 Å². The minimum absolute atomic E-state index is 0.0727. The van der Waals surface area contributed by atoms with E-state index in [-0.39, 0.29) is 12.0 Å². The molecule has 0 bridgehead atoms. The Morgan fingerprint density at radius 2 is 1.78 bits per heavy atom. The number of aromatic nitrogens is 2. The Morgan fingerprint density at radius 1 is 1.07 bits per heavy atom. The molecule has 2 aromatic heterocycles. The van der Waals surface area contributed by atoms with E-state index >= 15 is 0 Å². The summed E-state index contributed by atoms with van der Waals surface area (Å²) in [5.74, 6) is 0.595. The third-order valence-corrected chi connectivity index (χ3v) is 4.62. The van der Waals surface area contributed by atoms with Crippen LogP contribution in [0, 0.1) is 0 Å². The van der Waals surface area contributed by atoms with E-state index in [1.165, 1.54) is 0 Å². The average Bonchev–Trinajstić information content (AvgIpc) is 3.07. The van der Waals surface area contributed by atoms with Gasteiger partial charge in [-0.2, -0.15) is 0 Å². The number of ether oxygens (including phenoxy) is 2. The van der Waals surface area contributed by atoms with Gasteiger partial charge in [-0.05, 0) is 32.4 Å². The number of piperazine rings is 1. The van der Waals surface area contributed by atoms with Crippen LogP contribution in [0.15, 0.2) is 18.3 Å². The Bertz CT molecular complexity index is 824. The van der Waals surface area contributed by atoms with Gasteiger partial charge >= 0.3 is 6.09 Å². The minimum Gasteiger partial charge on any atom is -0.490 e. The summed E-state index contributed by atoms with van der Waals surface area (Å²) in [6.07, 6.45) is 2.17. The summed E-state index contributed by atoms with van der Waals surface area (Å²) >= 11 is 0. The number of imidazole rings is 1. The molecule has 0 spiro atoms. The fourth-order valence-corrected chi connectivity index (χ4v) is 3.29. The number of amides is 2. The first kappa shape index (κ1) is 19.0. The quantitative estimate of drug-likeness (QED) is 0.802. The largest absolute Gasteiger partial charge is 0.490 e. The second kappa shape index (κ2) is 8.28. The highest BCUT2D eigenvalue weighted by molar-refractivity contribution is 5.95. The van der Waals surface area contributed by atoms with Crippen molar-refractivity contribution in [3.05, 3.63) is 29.7 Å². The highest BCUT2D eigenvalue weighted by Gasteiger charge is 2.29. The van der Waals surface area contributed by atoms with Gasteiger partial charge in [-0.25, -0.2) is 9.78 Å². The molecule has 146 valence electrons. The third-order valence-electron chi connectivity index (χ3n) is 4.62. The van der Waals surface area contributed by atoms with Crippen LogP contribution in [0.5, 0.6) is 5.75 Å². The molecule has 0 saturated carbocycles. The van der Waals surface area contributed by atoms with E-state index in [0.717, 1.165) is 5.69 Å². The second-order valence-electron chi connectivity index (χ2n) is 6.24.